The van der Waals surface area contributed by atoms with E-state index in [9.17, 15) is 14.7 Å². The minimum absolute atomic E-state index is 0.0159. The largest absolute Gasteiger partial charge is 0.507 e. The van der Waals surface area contributed by atoms with Crippen molar-refractivity contribution in [1.29, 1.82) is 0 Å². The summed E-state index contributed by atoms with van der Waals surface area (Å²) in [7, 11) is 0. The molecule has 0 aliphatic rings. The first-order chi connectivity index (χ1) is 13.5. The van der Waals surface area contributed by atoms with Gasteiger partial charge in [-0.1, -0.05) is 24.9 Å². The highest BCUT2D eigenvalue weighted by Crippen LogP contribution is 2.19. The molecule has 0 atom stereocenters. The number of unbranched alkanes of at least 4 members (excludes halogenated alkanes) is 1. The maximum absolute atomic E-state index is 12.1. The van der Waals surface area contributed by atoms with Crippen LogP contribution in [-0.2, 0) is 4.79 Å². The molecule has 28 heavy (non-hydrogen) atoms. The molecule has 148 valence electrons. The summed E-state index contributed by atoms with van der Waals surface area (Å²) in [5, 5.41) is 16.3. The van der Waals surface area contributed by atoms with E-state index in [1.54, 1.807) is 24.3 Å². The van der Waals surface area contributed by atoms with Crippen LogP contribution < -0.4 is 15.5 Å². The number of phenols is 1. The Hall–Kier alpha value is -3.06. The van der Waals surface area contributed by atoms with Crippen LogP contribution in [0.3, 0.4) is 0 Å². The van der Waals surface area contributed by atoms with Crippen molar-refractivity contribution in [2.75, 3.05) is 13.2 Å². The van der Waals surface area contributed by atoms with Crippen LogP contribution >= 0.6 is 11.6 Å². The predicted molar refractivity (Wildman–Crippen MR) is 108 cm³/mol. The number of hydrogen-bond donors (Lipinski definition) is 3. The normalized spacial score (nSPS) is 10.6. The molecule has 0 heterocycles. The lowest BCUT2D eigenvalue weighted by Crippen LogP contribution is -2.34. The molecule has 2 amide bonds. The van der Waals surface area contributed by atoms with Gasteiger partial charge in [0.25, 0.3) is 11.8 Å². The molecule has 0 saturated carbocycles. The van der Waals surface area contributed by atoms with Gasteiger partial charge in [-0.2, -0.15) is 5.10 Å². The number of rotatable bonds is 9. The van der Waals surface area contributed by atoms with Gasteiger partial charge in [0.1, 0.15) is 11.5 Å². The van der Waals surface area contributed by atoms with Gasteiger partial charge in [0.15, 0.2) is 0 Å². The second-order valence-corrected chi connectivity index (χ2v) is 6.34. The first-order valence-electron chi connectivity index (χ1n) is 8.81. The summed E-state index contributed by atoms with van der Waals surface area (Å²) in [5.41, 5.74) is 3.04. The number of ether oxygens (including phenoxy) is 1. The third-order valence-corrected chi connectivity index (χ3v) is 3.91. The summed E-state index contributed by atoms with van der Waals surface area (Å²) >= 11 is 5.83. The Bertz CT molecular complexity index is 838. The van der Waals surface area contributed by atoms with Crippen molar-refractivity contribution in [2.45, 2.75) is 19.8 Å². The first-order valence-corrected chi connectivity index (χ1v) is 9.19. The van der Waals surface area contributed by atoms with Crippen molar-refractivity contribution < 1.29 is 19.4 Å². The number of phenolic OH excluding ortho intramolecular Hbond substituents is 1. The van der Waals surface area contributed by atoms with Crippen molar-refractivity contribution in [3.05, 3.63) is 58.6 Å². The number of carbonyl (C=O) groups is 2. The third-order valence-electron chi connectivity index (χ3n) is 3.68. The average Bonchev–Trinajstić information content (AvgIpc) is 2.69. The summed E-state index contributed by atoms with van der Waals surface area (Å²) in [6.45, 7) is 2.47. The fourth-order valence-electron chi connectivity index (χ4n) is 2.14. The van der Waals surface area contributed by atoms with Gasteiger partial charge in [-0.25, -0.2) is 5.43 Å². The van der Waals surface area contributed by atoms with E-state index in [0.29, 0.717) is 28.5 Å². The molecule has 0 fully saturated rings. The minimum Gasteiger partial charge on any atom is -0.507 e. The smallest absolute Gasteiger partial charge is 0.259 e. The topological polar surface area (TPSA) is 100 Å². The Morgan fingerprint density at radius 1 is 1.21 bits per heavy atom. The zero-order chi connectivity index (χ0) is 20.4. The van der Waals surface area contributed by atoms with E-state index >= 15 is 0 Å². The maximum Gasteiger partial charge on any atom is 0.259 e. The highest BCUT2D eigenvalue weighted by Gasteiger charge is 2.08. The Kier molecular flexibility index (Phi) is 8.30. The van der Waals surface area contributed by atoms with E-state index in [0.717, 1.165) is 12.8 Å². The number of aromatic hydroxyl groups is 1. The van der Waals surface area contributed by atoms with Crippen LogP contribution in [0.1, 0.15) is 35.7 Å². The van der Waals surface area contributed by atoms with Crippen LogP contribution in [0.4, 0.5) is 0 Å². The molecule has 0 aliphatic heterocycles. The Labute approximate surface area is 168 Å². The van der Waals surface area contributed by atoms with Gasteiger partial charge >= 0.3 is 0 Å². The molecular weight excluding hydrogens is 382 g/mol. The first kappa shape index (κ1) is 21.2. The second kappa shape index (κ2) is 10.9. The highest BCUT2D eigenvalue weighted by atomic mass is 35.5. The van der Waals surface area contributed by atoms with Gasteiger partial charge in [-0.05, 0) is 48.9 Å². The molecule has 0 aromatic heterocycles. The van der Waals surface area contributed by atoms with Crippen LogP contribution in [0.2, 0.25) is 5.02 Å². The minimum atomic E-state index is -0.509. The van der Waals surface area contributed by atoms with Crippen molar-refractivity contribution in [1.82, 2.24) is 10.7 Å². The van der Waals surface area contributed by atoms with Gasteiger partial charge in [0.05, 0.1) is 19.4 Å². The van der Waals surface area contributed by atoms with E-state index in [-0.39, 0.29) is 18.2 Å². The highest BCUT2D eigenvalue weighted by molar-refractivity contribution is 6.30. The van der Waals surface area contributed by atoms with Crippen molar-refractivity contribution >= 4 is 29.6 Å². The third kappa shape index (κ3) is 6.92. The molecule has 7 nitrogen and oxygen atoms in total. The van der Waals surface area contributed by atoms with Crippen LogP contribution in [0, 0.1) is 0 Å². The Balaban J connectivity index is 1.78. The monoisotopic (exact) mass is 403 g/mol. The van der Waals surface area contributed by atoms with Crippen LogP contribution in [0.5, 0.6) is 11.5 Å². The Morgan fingerprint density at radius 2 is 1.96 bits per heavy atom. The van der Waals surface area contributed by atoms with Gasteiger partial charge in [0.2, 0.25) is 0 Å². The molecule has 3 N–H and O–H groups in total. The Morgan fingerprint density at radius 3 is 2.68 bits per heavy atom. The molecule has 0 saturated heterocycles. The van der Waals surface area contributed by atoms with Gasteiger partial charge in [0, 0.05) is 16.1 Å². The number of hydrazone groups is 1. The van der Waals surface area contributed by atoms with Crippen molar-refractivity contribution in [3.8, 4) is 11.5 Å². The van der Waals surface area contributed by atoms with E-state index in [2.05, 4.69) is 22.8 Å². The number of halogens is 1. The predicted octanol–water partition coefficient (Wildman–Crippen LogP) is 3.10. The fraction of sp³-hybridized carbons (Fsp3) is 0.250. The fourth-order valence-corrected chi connectivity index (χ4v) is 2.32. The average molecular weight is 404 g/mol. The van der Waals surface area contributed by atoms with E-state index < -0.39 is 5.91 Å². The number of amides is 2. The molecule has 2 aromatic carbocycles. The molecule has 0 bridgehead atoms. The zero-order valence-electron chi connectivity index (χ0n) is 15.4. The number of hydrogen-bond acceptors (Lipinski definition) is 5. The van der Waals surface area contributed by atoms with Gasteiger partial charge in [-0.15, -0.1) is 0 Å². The molecule has 0 unspecified atom stereocenters. The molecule has 0 aliphatic carbocycles. The van der Waals surface area contributed by atoms with Crippen molar-refractivity contribution in [3.63, 3.8) is 0 Å². The quantitative estimate of drug-likeness (QED) is 0.340. The summed E-state index contributed by atoms with van der Waals surface area (Å²) in [6.07, 6.45) is 3.28. The SMILES string of the molecule is CCCCOc1ccc(C(=O)NCC(=O)N/N=C/c2cc(Cl)ccc2O)cc1. The summed E-state index contributed by atoms with van der Waals surface area (Å²) in [6, 6.07) is 11.2. The van der Waals surface area contributed by atoms with E-state index in [4.69, 9.17) is 16.3 Å². The number of carbonyl (C=O) groups excluding carboxylic acids is 2. The summed E-state index contributed by atoms with van der Waals surface area (Å²) < 4.78 is 5.54. The molecule has 0 spiro atoms. The van der Waals surface area contributed by atoms with Gasteiger partial charge in [-0.3, -0.25) is 9.59 Å². The molecule has 2 aromatic rings. The van der Waals surface area contributed by atoms with Crippen LogP contribution in [0.15, 0.2) is 47.6 Å². The van der Waals surface area contributed by atoms with Gasteiger partial charge < -0.3 is 15.2 Å². The second-order valence-electron chi connectivity index (χ2n) is 5.91. The number of nitrogens with zero attached hydrogens (tertiary/aromatic N) is 1. The molecule has 2 rings (SSSR count). The lowest BCUT2D eigenvalue weighted by molar-refractivity contribution is -0.120. The van der Waals surface area contributed by atoms with E-state index in [1.807, 2.05) is 0 Å². The number of benzene rings is 2. The number of nitrogens with one attached hydrogen (secondary N) is 2. The standard InChI is InChI=1S/C20H22ClN3O4/c1-2-3-10-28-17-7-4-14(5-8-17)20(27)22-13-19(26)24-23-12-15-11-16(21)6-9-18(15)25/h4-9,11-12,25H,2-3,10,13H2,1H3,(H,22,27)(H,24,26)/b23-12+. The zero-order valence-corrected chi connectivity index (χ0v) is 16.2. The lowest BCUT2D eigenvalue weighted by atomic mass is 10.2. The van der Waals surface area contributed by atoms with Crippen LogP contribution in [0.25, 0.3) is 0 Å². The van der Waals surface area contributed by atoms with Crippen molar-refractivity contribution in [2.24, 2.45) is 5.10 Å². The van der Waals surface area contributed by atoms with Crippen LogP contribution in [-0.4, -0.2) is 36.3 Å². The molecule has 0 radical (unpaired) electrons. The lowest BCUT2D eigenvalue weighted by Gasteiger charge is -2.07. The summed E-state index contributed by atoms with van der Waals surface area (Å²) in [5.74, 6) is -0.212. The van der Waals surface area contributed by atoms with E-state index in [1.165, 1.54) is 24.4 Å². The maximum atomic E-state index is 12.1. The molecular formula is C20H22ClN3O4. The molecule has 8 heteroatoms. The summed E-state index contributed by atoms with van der Waals surface area (Å²) in [4.78, 5) is 23.9.